The monoisotopic (exact) mass is 563 g/mol. The fourth-order valence-corrected chi connectivity index (χ4v) is 7.36. The van der Waals surface area contributed by atoms with Crippen molar-refractivity contribution in [2.75, 3.05) is 50.5 Å². The molecular formula is C28H29N5O4S2. The number of Topliss-reactive ketones (excluding diaryl/α,β-unsaturated/α-hetero) is 1. The van der Waals surface area contributed by atoms with Crippen LogP contribution in [0.4, 0.5) is 11.4 Å². The van der Waals surface area contributed by atoms with Crippen LogP contribution >= 0.6 is 11.3 Å². The molecule has 1 unspecified atom stereocenters. The number of nitrogens with one attached hydrogen (secondary N) is 1. The fraction of sp³-hybridized carbons (Fsp3) is 0.321. The van der Waals surface area contributed by atoms with Crippen molar-refractivity contribution in [3.05, 3.63) is 59.0 Å². The summed E-state index contributed by atoms with van der Waals surface area (Å²) in [4.78, 5) is 26.0. The highest BCUT2D eigenvalue weighted by Gasteiger charge is 2.60. The summed E-state index contributed by atoms with van der Waals surface area (Å²) in [6.45, 7) is 1.90. The van der Waals surface area contributed by atoms with Gasteiger partial charge in [-0.3, -0.25) is 14.5 Å². The molecule has 0 bridgehead atoms. The van der Waals surface area contributed by atoms with Crippen LogP contribution in [0.5, 0.6) is 5.88 Å². The maximum absolute atomic E-state index is 13.1. The van der Waals surface area contributed by atoms with Gasteiger partial charge in [-0.25, -0.2) is 13.4 Å². The topological polar surface area (TPSA) is 105 Å². The molecule has 202 valence electrons. The second kappa shape index (κ2) is 9.58. The molecule has 0 saturated heterocycles. The molecule has 11 heteroatoms. The van der Waals surface area contributed by atoms with Crippen molar-refractivity contribution in [3.63, 3.8) is 0 Å². The molecule has 1 saturated carbocycles. The van der Waals surface area contributed by atoms with Crippen molar-refractivity contribution in [1.82, 2.24) is 14.9 Å². The van der Waals surface area contributed by atoms with E-state index in [2.05, 4.69) is 24.5 Å². The molecule has 0 amide bonds. The number of aromatic nitrogens is 2. The number of ketones is 1. The Morgan fingerprint density at radius 2 is 1.97 bits per heavy atom. The van der Waals surface area contributed by atoms with E-state index in [1.807, 2.05) is 45.5 Å². The third-order valence-electron chi connectivity index (χ3n) is 7.34. The number of pyridine rings is 2. The summed E-state index contributed by atoms with van der Waals surface area (Å²) in [6, 6.07) is 9.21. The highest BCUT2D eigenvalue weighted by molar-refractivity contribution is 7.92. The summed E-state index contributed by atoms with van der Waals surface area (Å²) in [5.41, 5.74) is 4.23. The van der Waals surface area contributed by atoms with Crippen LogP contribution in [0, 0.1) is 0 Å². The number of hydrogen-bond acceptors (Lipinski definition) is 9. The average Bonchev–Trinajstić information content (AvgIpc) is 3.25. The smallest absolute Gasteiger partial charge is 0.262 e. The van der Waals surface area contributed by atoms with Gasteiger partial charge in [0.25, 0.3) is 10.0 Å². The molecule has 1 aliphatic heterocycles. The van der Waals surface area contributed by atoms with E-state index in [1.54, 1.807) is 29.1 Å². The molecule has 1 aliphatic carbocycles. The number of likely N-dealkylation sites (N-methyl/N-ethyl adjacent to an activating group) is 1. The first-order valence-electron chi connectivity index (χ1n) is 12.7. The standard InChI is InChI=1S/C28H29N5O4S2/c1-32(2)8-4-9-37-27-23(31-39(35,36)20-7-10-38-16-20)12-19(14-30-27)18-5-6-22-21(11-18)26-24(15-29-22)33(3)17-28(26)13-25(28)34/h5-7,10-12,14-16,31H,4,8-9,13,17H2,1-3H3. The predicted octanol–water partition coefficient (Wildman–Crippen LogP) is 4.15. The molecule has 1 atom stereocenters. The molecule has 1 N–H and O–H groups in total. The van der Waals surface area contributed by atoms with E-state index in [-0.39, 0.29) is 22.2 Å². The van der Waals surface area contributed by atoms with E-state index in [0.29, 0.717) is 19.6 Å². The first-order chi connectivity index (χ1) is 18.7. The van der Waals surface area contributed by atoms with E-state index in [1.165, 1.54) is 11.3 Å². The zero-order chi connectivity index (χ0) is 27.4. The lowest BCUT2D eigenvalue weighted by Crippen LogP contribution is -2.20. The molecule has 3 aromatic heterocycles. The first kappa shape index (κ1) is 25.7. The number of carbonyl (C=O) groups is 1. The lowest BCUT2D eigenvalue weighted by Gasteiger charge is -2.15. The molecule has 1 aromatic carbocycles. The largest absolute Gasteiger partial charge is 0.476 e. The number of benzene rings is 1. The van der Waals surface area contributed by atoms with Crippen LogP contribution < -0.4 is 14.4 Å². The maximum atomic E-state index is 13.1. The maximum Gasteiger partial charge on any atom is 0.262 e. The summed E-state index contributed by atoms with van der Waals surface area (Å²) in [5.74, 6) is 0.484. The second-order valence-electron chi connectivity index (χ2n) is 10.4. The minimum Gasteiger partial charge on any atom is -0.476 e. The Hall–Kier alpha value is -3.54. The van der Waals surface area contributed by atoms with E-state index >= 15 is 0 Å². The van der Waals surface area contributed by atoms with Gasteiger partial charge in [-0.15, -0.1) is 0 Å². The van der Waals surface area contributed by atoms with E-state index < -0.39 is 15.4 Å². The Kier molecular flexibility index (Phi) is 6.32. The summed E-state index contributed by atoms with van der Waals surface area (Å²) < 4.78 is 34.8. The molecular weight excluding hydrogens is 534 g/mol. The van der Waals surface area contributed by atoms with E-state index in [4.69, 9.17) is 4.74 Å². The average molecular weight is 564 g/mol. The summed E-state index contributed by atoms with van der Waals surface area (Å²) in [6.07, 6.45) is 4.85. The van der Waals surface area contributed by atoms with Gasteiger partial charge in [0.2, 0.25) is 5.88 Å². The van der Waals surface area contributed by atoms with Gasteiger partial charge < -0.3 is 14.5 Å². The molecule has 4 heterocycles. The molecule has 0 radical (unpaired) electrons. The highest BCUT2D eigenvalue weighted by atomic mass is 32.2. The van der Waals surface area contributed by atoms with Crippen LogP contribution in [0.15, 0.2) is 58.4 Å². The highest BCUT2D eigenvalue weighted by Crippen LogP contribution is 2.55. The van der Waals surface area contributed by atoms with Crippen LogP contribution in [-0.4, -0.2) is 69.9 Å². The van der Waals surface area contributed by atoms with Gasteiger partial charge in [-0.05, 0) is 55.7 Å². The Labute approximate surface area is 231 Å². The molecule has 1 fully saturated rings. The second-order valence-corrected chi connectivity index (χ2v) is 12.9. The van der Waals surface area contributed by atoms with Gasteiger partial charge >= 0.3 is 0 Å². The molecule has 2 aliphatic rings. The van der Waals surface area contributed by atoms with Crippen molar-refractivity contribution < 1.29 is 17.9 Å². The lowest BCUT2D eigenvalue weighted by atomic mass is 9.93. The van der Waals surface area contributed by atoms with Crippen molar-refractivity contribution in [3.8, 4) is 17.0 Å². The third kappa shape index (κ3) is 4.64. The van der Waals surface area contributed by atoms with Gasteiger partial charge in [-0.2, -0.15) is 11.3 Å². The molecule has 4 aromatic rings. The number of rotatable bonds is 9. The SMILES string of the molecule is CN(C)CCCOc1ncc(-c2ccc3ncc4c(c3c2)C2(CC2=O)CN4C)cc1NS(=O)(=O)c1ccsc1. The summed E-state index contributed by atoms with van der Waals surface area (Å²) >= 11 is 1.31. The number of carbonyl (C=O) groups excluding carboxylic acids is 1. The Balaban J connectivity index is 1.40. The van der Waals surface area contributed by atoms with Crippen LogP contribution in [0.1, 0.15) is 18.4 Å². The zero-order valence-electron chi connectivity index (χ0n) is 22.0. The Bertz CT molecular complexity index is 1690. The Morgan fingerprint density at radius 1 is 1.15 bits per heavy atom. The van der Waals surface area contributed by atoms with Gasteiger partial charge in [0.05, 0.1) is 34.3 Å². The fourth-order valence-electron chi connectivity index (χ4n) is 5.28. The third-order valence-corrected chi connectivity index (χ3v) is 9.53. The molecule has 9 nitrogen and oxygen atoms in total. The van der Waals surface area contributed by atoms with Crippen LogP contribution in [0.3, 0.4) is 0 Å². The van der Waals surface area contributed by atoms with Gasteiger partial charge in [0.1, 0.15) is 11.5 Å². The molecule has 39 heavy (non-hydrogen) atoms. The van der Waals surface area contributed by atoms with Crippen LogP contribution in [0.2, 0.25) is 0 Å². The van der Waals surface area contributed by atoms with E-state index in [0.717, 1.165) is 46.2 Å². The van der Waals surface area contributed by atoms with Crippen molar-refractivity contribution in [1.29, 1.82) is 0 Å². The number of anilines is 2. The normalized spacial score (nSPS) is 18.3. The number of thiophene rings is 1. The number of nitrogens with zero attached hydrogens (tertiary/aromatic N) is 4. The van der Waals surface area contributed by atoms with Crippen molar-refractivity contribution in [2.24, 2.45) is 0 Å². The summed E-state index contributed by atoms with van der Waals surface area (Å²) in [7, 11) is 2.15. The Morgan fingerprint density at radius 3 is 2.69 bits per heavy atom. The number of fused-ring (bicyclic) bond motifs is 4. The van der Waals surface area contributed by atoms with Gasteiger partial charge in [0.15, 0.2) is 0 Å². The first-order valence-corrected chi connectivity index (χ1v) is 15.1. The van der Waals surface area contributed by atoms with Crippen LogP contribution in [-0.2, 0) is 20.2 Å². The minimum absolute atomic E-state index is 0.187. The molecule has 1 spiro atoms. The lowest BCUT2D eigenvalue weighted by molar-refractivity contribution is -0.111. The molecule has 6 rings (SSSR count). The summed E-state index contributed by atoms with van der Waals surface area (Å²) in [5, 5.41) is 4.24. The van der Waals surface area contributed by atoms with Gasteiger partial charge in [-0.1, -0.05) is 6.07 Å². The number of hydrogen-bond donors (Lipinski definition) is 1. The quantitative estimate of drug-likeness (QED) is 0.303. The predicted molar refractivity (Wildman–Crippen MR) is 153 cm³/mol. The van der Waals surface area contributed by atoms with E-state index in [9.17, 15) is 13.2 Å². The van der Waals surface area contributed by atoms with Crippen LogP contribution in [0.25, 0.3) is 22.0 Å². The van der Waals surface area contributed by atoms with Crippen molar-refractivity contribution >= 4 is 49.4 Å². The van der Waals surface area contributed by atoms with Gasteiger partial charge in [0, 0.05) is 54.6 Å². The number of ether oxygens (including phenoxy) is 1. The van der Waals surface area contributed by atoms with Crippen molar-refractivity contribution in [2.45, 2.75) is 23.2 Å². The number of sulfonamides is 1. The zero-order valence-corrected chi connectivity index (χ0v) is 23.6. The minimum atomic E-state index is -3.82.